The number of rotatable bonds is 6. The molecule has 0 saturated heterocycles. The number of fused-ring (bicyclic) bond motifs is 2. The van der Waals surface area contributed by atoms with Crippen LogP contribution in [0.2, 0.25) is 0 Å². The van der Waals surface area contributed by atoms with Gasteiger partial charge in [-0.3, -0.25) is 9.59 Å². The minimum absolute atomic E-state index is 0.00582. The fourth-order valence-electron chi connectivity index (χ4n) is 6.25. The molecule has 2 aliphatic carbocycles. The molecule has 3 rings (SSSR count). The molecule has 1 saturated carbocycles. The van der Waals surface area contributed by atoms with Crippen molar-refractivity contribution in [2.75, 3.05) is 18.4 Å². The predicted molar refractivity (Wildman–Crippen MR) is 134 cm³/mol. The Balaban J connectivity index is 1.81. The molecule has 2 aliphatic rings. The van der Waals surface area contributed by atoms with E-state index >= 15 is 0 Å². The second-order valence-corrected chi connectivity index (χ2v) is 12.8. The van der Waals surface area contributed by atoms with Gasteiger partial charge < -0.3 is 15.3 Å². The van der Waals surface area contributed by atoms with Crippen molar-refractivity contribution < 1.29 is 14.7 Å². The number of nitrogens with one attached hydrogen (secondary N) is 1. The molecular weight excluding hydrogens is 434 g/mol. The number of carbonyl (C=O) groups excluding carboxylic acids is 2. The summed E-state index contributed by atoms with van der Waals surface area (Å²) in [6, 6.07) is 0. The van der Waals surface area contributed by atoms with Crippen LogP contribution in [0.25, 0.3) is 0 Å². The van der Waals surface area contributed by atoms with Crippen LogP contribution in [0.15, 0.2) is 0 Å². The number of thiazole rings is 1. The molecule has 33 heavy (non-hydrogen) atoms. The van der Waals surface area contributed by atoms with E-state index in [9.17, 15) is 14.7 Å². The van der Waals surface area contributed by atoms with Crippen LogP contribution in [0.1, 0.15) is 91.1 Å². The molecule has 1 aromatic rings. The molecule has 0 radical (unpaired) electrons. The third kappa shape index (κ3) is 5.29. The molecule has 0 aromatic carbocycles. The highest BCUT2D eigenvalue weighted by atomic mass is 32.1. The Morgan fingerprint density at radius 3 is 2.52 bits per heavy atom. The Bertz CT molecular complexity index is 873. The number of hydrogen-bond donors (Lipinski definition) is 2. The molecular formula is C26H43N3O3S. The first-order valence-corrected chi connectivity index (χ1v) is 13.4. The summed E-state index contributed by atoms with van der Waals surface area (Å²) in [7, 11) is 0. The first-order valence-electron chi connectivity index (χ1n) is 12.6. The number of amides is 2. The molecule has 1 heterocycles. The highest BCUT2D eigenvalue weighted by Crippen LogP contribution is 2.57. The first kappa shape index (κ1) is 26.1. The molecule has 0 aliphatic heterocycles. The summed E-state index contributed by atoms with van der Waals surface area (Å²) in [6.45, 7) is 18.0. The number of aliphatic hydroxyl groups excluding tert-OH is 1. The molecule has 2 amide bonds. The normalized spacial score (nSPS) is 30.2. The molecule has 186 valence electrons. The van der Waals surface area contributed by atoms with Crippen LogP contribution >= 0.6 is 11.3 Å². The van der Waals surface area contributed by atoms with Gasteiger partial charge in [0.2, 0.25) is 11.8 Å². The van der Waals surface area contributed by atoms with Gasteiger partial charge in [-0.2, -0.15) is 0 Å². The summed E-state index contributed by atoms with van der Waals surface area (Å²) in [5.74, 6) is 0.0428. The monoisotopic (exact) mass is 477 g/mol. The topological polar surface area (TPSA) is 82.5 Å². The van der Waals surface area contributed by atoms with Crippen LogP contribution in [0, 0.1) is 28.6 Å². The van der Waals surface area contributed by atoms with Crippen molar-refractivity contribution in [1.82, 2.24) is 9.88 Å². The van der Waals surface area contributed by atoms with E-state index in [0.717, 1.165) is 25.0 Å². The molecule has 0 spiro atoms. The minimum atomic E-state index is -0.540. The van der Waals surface area contributed by atoms with E-state index in [1.165, 1.54) is 4.88 Å². The van der Waals surface area contributed by atoms with Crippen molar-refractivity contribution in [2.45, 2.75) is 93.1 Å². The second kappa shape index (κ2) is 9.65. The van der Waals surface area contributed by atoms with Gasteiger partial charge >= 0.3 is 0 Å². The van der Waals surface area contributed by atoms with E-state index in [2.05, 4.69) is 39.9 Å². The molecule has 6 atom stereocenters. The molecule has 0 bridgehead atoms. The first-order chi connectivity index (χ1) is 15.3. The predicted octanol–water partition coefficient (Wildman–Crippen LogP) is 5.08. The Morgan fingerprint density at radius 1 is 1.30 bits per heavy atom. The van der Waals surface area contributed by atoms with Crippen molar-refractivity contribution in [1.29, 1.82) is 0 Å². The van der Waals surface area contributed by atoms with Gasteiger partial charge in [-0.05, 0) is 55.8 Å². The van der Waals surface area contributed by atoms with Crippen LogP contribution in [-0.2, 0) is 16.0 Å². The fraction of sp³-hybridized carbons (Fsp3) is 0.808. The van der Waals surface area contributed by atoms with Gasteiger partial charge in [0, 0.05) is 36.2 Å². The average Bonchev–Trinajstić information content (AvgIpc) is 3.08. The standard InChI is InChI=1S/C26H43N3O3S/c1-9-29(10-2)23(32)15(3)17-11-12-26(8)13-18-21(16(4)20(26)22(17)31)28-24(33-18)27-19(30)14-25(5,6)7/h15-17,20,22,31H,9-14H2,1-8H3,(H,27,28,30)/t15-,16-,17?,20+,22-,26-/m0/s1. The van der Waals surface area contributed by atoms with E-state index in [0.29, 0.717) is 24.6 Å². The minimum Gasteiger partial charge on any atom is -0.392 e. The van der Waals surface area contributed by atoms with Crippen LogP contribution in [-0.4, -0.2) is 46.0 Å². The number of aliphatic hydroxyl groups is 1. The van der Waals surface area contributed by atoms with E-state index in [-0.39, 0.29) is 46.3 Å². The van der Waals surface area contributed by atoms with Gasteiger partial charge in [0.25, 0.3) is 0 Å². The third-order valence-electron chi connectivity index (χ3n) is 7.97. The summed E-state index contributed by atoms with van der Waals surface area (Å²) < 4.78 is 0. The number of aromatic nitrogens is 1. The Kier molecular flexibility index (Phi) is 7.64. The highest BCUT2D eigenvalue weighted by Gasteiger charge is 2.54. The summed E-state index contributed by atoms with van der Waals surface area (Å²) in [4.78, 5) is 33.4. The van der Waals surface area contributed by atoms with Crippen LogP contribution in [0.4, 0.5) is 5.13 Å². The number of carbonyl (C=O) groups is 2. The summed E-state index contributed by atoms with van der Waals surface area (Å²) in [5, 5.41) is 15.3. The maximum absolute atomic E-state index is 13.0. The van der Waals surface area contributed by atoms with Crippen LogP contribution in [0.5, 0.6) is 0 Å². The highest BCUT2D eigenvalue weighted by molar-refractivity contribution is 7.15. The molecule has 1 unspecified atom stereocenters. The Labute approximate surface area is 203 Å². The van der Waals surface area contributed by atoms with E-state index in [4.69, 9.17) is 4.98 Å². The van der Waals surface area contributed by atoms with Crippen LogP contribution < -0.4 is 5.32 Å². The lowest BCUT2D eigenvalue weighted by molar-refractivity contribution is -0.144. The van der Waals surface area contributed by atoms with Gasteiger partial charge in [-0.15, -0.1) is 11.3 Å². The lowest BCUT2D eigenvalue weighted by Crippen LogP contribution is -2.53. The SMILES string of the molecule is CCN(CC)C(=O)[C@@H](C)C1CC[C@@]2(C)Cc3sc(NC(=O)CC(C)(C)C)nc3[C@@H](C)[C@@H]2[C@H]1O. The van der Waals surface area contributed by atoms with E-state index in [1.807, 2.05) is 25.7 Å². The van der Waals surface area contributed by atoms with Gasteiger partial charge in [-0.1, -0.05) is 41.5 Å². The Hall–Kier alpha value is -1.47. The lowest BCUT2D eigenvalue weighted by Gasteiger charge is -2.53. The van der Waals surface area contributed by atoms with E-state index in [1.54, 1.807) is 11.3 Å². The zero-order chi connectivity index (χ0) is 24.7. The molecule has 7 heteroatoms. The summed E-state index contributed by atoms with van der Waals surface area (Å²) in [5.41, 5.74) is 0.908. The van der Waals surface area contributed by atoms with Crippen molar-refractivity contribution in [3.8, 4) is 0 Å². The molecule has 2 N–H and O–H groups in total. The molecule has 6 nitrogen and oxygen atoms in total. The molecule has 1 aromatic heterocycles. The van der Waals surface area contributed by atoms with Gasteiger partial charge in [0.15, 0.2) is 5.13 Å². The van der Waals surface area contributed by atoms with Gasteiger partial charge in [-0.25, -0.2) is 4.98 Å². The molecule has 1 fully saturated rings. The smallest absolute Gasteiger partial charge is 0.226 e. The average molecular weight is 478 g/mol. The quantitative estimate of drug-likeness (QED) is 0.599. The van der Waals surface area contributed by atoms with Crippen molar-refractivity contribution in [2.24, 2.45) is 28.6 Å². The van der Waals surface area contributed by atoms with Crippen molar-refractivity contribution >= 4 is 28.3 Å². The summed E-state index contributed by atoms with van der Waals surface area (Å²) in [6.07, 6.45) is 2.63. The van der Waals surface area contributed by atoms with Gasteiger partial charge in [0.05, 0.1) is 11.8 Å². The van der Waals surface area contributed by atoms with Crippen molar-refractivity contribution in [3.63, 3.8) is 0 Å². The van der Waals surface area contributed by atoms with Gasteiger partial charge in [0.1, 0.15) is 0 Å². The Morgan fingerprint density at radius 2 is 1.94 bits per heavy atom. The zero-order valence-electron chi connectivity index (χ0n) is 21.7. The van der Waals surface area contributed by atoms with Crippen molar-refractivity contribution in [3.05, 3.63) is 10.6 Å². The van der Waals surface area contributed by atoms with Crippen LogP contribution in [0.3, 0.4) is 0 Å². The lowest BCUT2D eigenvalue weighted by atomic mass is 9.53. The largest absolute Gasteiger partial charge is 0.392 e. The van der Waals surface area contributed by atoms with E-state index < -0.39 is 6.10 Å². The maximum atomic E-state index is 13.0. The fourth-order valence-corrected chi connectivity index (χ4v) is 7.53. The summed E-state index contributed by atoms with van der Waals surface area (Å²) >= 11 is 1.59. The zero-order valence-corrected chi connectivity index (χ0v) is 22.5. The number of anilines is 1. The third-order valence-corrected chi connectivity index (χ3v) is 8.95. The number of nitrogens with zero attached hydrogens (tertiary/aromatic N) is 2. The number of hydrogen-bond acceptors (Lipinski definition) is 5. The second-order valence-electron chi connectivity index (χ2n) is 11.8. The maximum Gasteiger partial charge on any atom is 0.226 e.